The number of halogens is 1. The first-order valence-corrected chi connectivity index (χ1v) is 7.68. The summed E-state index contributed by atoms with van der Waals surface area (Å²) in [5.41, 5.74) is 0.625. The maximum atomic E-state index is 13.8. The SMILES string of the molecule is COCC(O)CNC(C)c1ccc(-c2ccccc2F)s1. The van der Waals surface area contributed by atoms with Crippen molar-refractivity contribution in [2.24, 2.45) is 0 Å². The Bertz CT molecular complexity index is 573. The van der Waals surface area contributed by atoms with Crippen LogP contribution in [0.25, 0.3) is 10.4 Å². The van der Waals surface area contributed by atoms with Crippen molar-refractivity contribution in [2.45, 2.75) is 19.1 Å². The predicted octanol–water partition coefficient (Wildman–Crippen LogP) is 3.21. The number of aliphatic hydroxyl groups is 1. The molecule has 5 heteroatoms. The molecule has 1 aromatic carbocycles. The van der Waals surface area contributed by atoms with Crippen molar-refractivity contribution < 1.29 is 14.2 Å². The van der Waals surface area contributed by atoms with E-state index in [9.17, 15) is 9.50 Å². The van der Waals surface area contributed by atoms with E-state index in [0.717, 1.165) is 9.75 Å². The fourth-order valence-electron chi connectivity index (χ4n) is 2.06. The minimum atomic E-state index is -0.525. The molecule has 0 aliphatic heterocycles. The van der Waals surface area contributed by atoms with Crippen LogP contribution in [0.3, 0.4) is 0 Å². The Hall–Kier alpha value is -1.27. The van der Waals surface area contributed by atoms with Gasteiger partial charge in [-0.05, 0) is 25.1 Å². The molecule has 0 radical (unpaired) electrons. The Labute approximate surface area is 128 Å². The Morgan fingerprint density at radius 2 is 2.05 bits per heavy atom. The van der Waals surface area contributed by atoms with E-state index in [-0.39, 0.29) is 11.9 Å². The molecule has 2 rings (SSSR count). The molecule has 2 N–H and O–H groups in total. The van der Waals surface area contributed by atoms with Gasteiger partial charge >= 0.3 is 0 Å². The normalized spacial score (nSPS) is 14.1. The highest BCUT2D eigenvalue weighted by molar-refractivity contribution is 7.15. The fourth-order valence-corrected chi connectivity index (χ4v) is 3.12. The van der Waals surface area contributed by atoms with E-state index >= 15 is 0 Å². The highest BCUT2D eigenvalue weighted by Gasteiger charge is 2.13. The molecule has 0 amide bonds. The topological polar surface area (TPSA) is 41.5 Å². The number of benzene rings is 1. The lowest BCUT2D eigenvalue weighted by atomic mass is 10.2. The van der Waals surface area contributed by atoms with Gasteiger partial charge in [0.15, 0.2) is 0 Å². The number of rotatable bonds is 7. The largest absolute Gasteiger partial charge is 0.389 e. The average Bonchev–Trinajstić information content (AvgIpc) is 2.95. The molecule has 0 spiro atoms. The van der Waals surface area contributed by atoms with Gasteiger partial charge in [-0.15, -0.1) is 11.3 Å². The van der Waals surface area contributed by atoms with Gasteiger partial charge in [-0.3, -0.25) is 0 Å². The molecule has 1 aromatic heterocycles. The fraction of sp³-hybridized carbons (Fsp3) is 0.375. The van der Waals surface area contributed by atoms with Crippen LogP contribution >= 0.6 is 11.3 Å². The number of ether oxygens (including phenoxy) is 1. The van der Waals surface area contributed by atoms with Crippen molar-refractivity contribution >= 4 is 11.3 Å². The van der Waals surface area contributed by atoms with Gasteiger partial charge in [0, 0.05) is 35.0 Å². The van der Waals surface area contributed by atoms with Crippen molar-refractivity contribution in [1.82, 2.24) is 5.32 Å². The Kier molecular flexibility index (Phi) is 5.87. The second kappa shape index (κ2) is 7.66. The van der Waals surface area contributed by atoms with Gasteiger partial charge in [0.25, 0.3) is 0 Å². The van der Waals surface area contributed by atoms with Crippen molar-refractivity contribution in [3.8, 4) is 10.4 Å². The summed E-state index contributed by atoms with van der Waals surface area (Å²) in [6, 6.07) is 10.8. The van der Waals surface area contributed by atoms with Gasteiger partial charge in [-0.2, -0.15) is 0 Å². The van der Waals surface area contributed by atoms with E-state index in [2.05, 4.69) is 5.32 Å². The Morgan fingerprint density at radius 1 is 1.29 bits per heavy atom. The summed E-state index contributed by atoms with van der Waals surface area (Å²) < 4.78 is 18.7. The molecule has 0 saturated heterocycles. The molecule has 0 bridgehead atoms. The summed E-state index contributed by atoms with van der Waals surface area (Å²) in [7, 11) is 1.56. The van der Waals surface area contributed by atoms with Crippen molar-refractivity contribution in [3.05, 3.63) is 47.1 Å². The smallest absolute Gasteiger partial charge is 0.131 e. The van der Waals surface area contributed by atoms with Crippen LogP contribution in [0.2, 0.25) is 0 Å². The van der Waals surface area contributed by atoms with Crippen LogP contribution in [0, 0.1) is 5.82 Å². The van der Waals surface area contributed by atoms with Gasteiger partial charge in [-0.1, -0.05) is 18.2 Å². The van der Waals surface area contributed by atoms with E-state index in [0.29, 0.717) is 18.7 Å². The lowest BCUT2D eigenvalue weighted by molar-refractivity contribution is 0.0631. The Morgan fingerprint density at radius 3 is 2.76 bits per heavy atom. The molecular formula is C16H20FNO2S. The maximum Gasteiger partial charge on any atom is 0.131 e. The van der Waals surface area contributed by atoms with Gasteiger partial charge in [0.05, 0.1) is 12.7 Å². The summed E-state index contributed by atoms with van der Waals surface area (Å²) in [5, 5.41) is 12.9. The first kappa shape index (κ1) is 16.1. The van der Waals surface area contributed by atoms with E-state index < -0.39 is 6.10 Å². The third-order valence-electron chi connectivity index (χ3n) is 3.21. The summed E-state index contributed by atoms with van der Waals surface area (Å²) in [6.45, 7) is 2.79. The van der Waals surface area contributed by atoms with E-state index in [1.807, 2.05) is 25.1 Å². The van der Waals surface area contributed by atoms with E-state index in [1.165, 1.54) is 6.07 Å². The average molecular weight is 309 g/mol. The predicted molar refractivity (Wildman–Crippen MR) is 84.0 cm³/mol. The summed E-state index contributed by atoms with van der Waals surface area (Å²) >= 11 is 1.56. The maximum absolute atomic E-state index is 13.8. The van der Waals surface area contributed by atoms with Gasteiger partial charge < -0.3 is 15.2 Å². The van der Waals surface area contributed by atoms with Crippen LogP contribution in [0.4, 0.5) is 4.39 Å². The number of methoxy groups -OCH3 is 1. The monoisotopic (exact) mass is 309 g/mol. The zero-order valence-electron chi connectivity index (χ0n) is 12.2. The molecule has 0 aliphatic carbocycles. The van der Waals surface area contributed by atoms with Gasteiger partial charge in [0.2, 0.25) is 0 Å². The van der Waals surface area contributed by atoms with E-state index in [4.69, 9.17) is 4.74 Å². The van der Waals surface area contributed by atoms with Gasteiger partial charge in [-0.25, -0.2) is 4.39 Å². The molecule has 2 unspecified atom stereocenters. The first-order valence-electron chi connectivity index (χ1n) is 6.87. The van der Waals surface area contributed by atoms with Gasteiger partial charge in [0.1, 0.15) is 5.82 Å². The molecule has 21 heavy (non-hydrogen) atoms. The molecule has 1 heterocycles. The number of nitrogens with one attached hydrogen (secondary N) is 1. The quantitative estimate of drug-likeness (QED) is 0.825. The molecular weight excluding hydrogens is 289 g/mol. The summed E-state index contributed by atoms with van der Waals surface area (Å²) in [4.78, 5) is 2.02. The number of hydrogen-bond donors (Lipinski definition) is 2. The van der Waals surface area contributed by atoms with Crippen LogP contribution in [-0.2, 0) is 4.74 Å². The zero-order valence-corrected chi connectivity index (χ0v) is 13.0. The highest BCUT2D eigenvalue weighted by Crippen LogP contribution is 2.32. The number of aliphatic hydroxyl groups excluding tert-OH is 1. The van der Waals surface area contributed by atoms with E-state index in [1.54, 1.807) is 30.6 Å². The highest BCUT2D eigenvalue weighted by atomic mass is 32.1. The third-order valence-corrected chi connectivity index (χ3v) is 4.51. The van der Waals surface area contributed by atoms with Crippen LogP contribution in [0.15, 0.2) is 36.4 Å². The number of hydrogen-bond acceptors (Lipinski definition) is 4. The lowest BCUT2D eigenvalue weighted by Crippen LogP contribution is -2.31. The van der Waals surface area contributed by atoms with Crippen molar-refractivity contribution in [2.75, 3.05) is 20.3 Å². The molecule has 2 aromatic rings. The van der Waals surface area contributed by atoms with Crippen LogP contribution in [0.5, 0.6) is 0 Å². The standard InChI is InChI=1S/C16H20FNO2S/c1-11(18-9-12(19)10-20-2)15-7-8-16(21-15)13-5-3-4-6-14(13)17/h3-8,11-12,18-19H,9-10H2,1-2H3. The van der Waals surface area contributed by atoms with Crippen LogP contribution < -0.4 is 5.32 Å². The molecule has 0 aliphatic rings. The second-order valence-corrected chi connectivity index (χ2v) is 6.04. The molecule has 2 atom stereocenters. The van der Waals surface area contributed by atoms with Crippen LogP contribution in [0.1, 0.15) is 17.8 Å². The molecule has 3 nitrogen and oxygen atoms in total. The Balaban J connectivity index is 2.01. The number of thiophene rings is 1. The third kappa shape index (κ3) is 4.35. The van der Waals surface area contributed by atoms with Crippen molar-refractivity contribution in [3.63, 3.8) is 0 Å². The minimum Gasteiger partial charge on any atom is -0.389 e. The summed E-state index contributed by atoms with van der Waals surface area (Å²) in [5.74, 6) is -0.206. The van der Waals surface area contributed by atoms with Crippen molar-refractivity contribution in [1.29, 1.82) is 0 Å². The summed E-state index contributed by atoms with van der Waals surface area (Å²) in [6.07, 6.45) is -0.525. The van der Waals surface area contributed by atoms with Crippen LogP contribution in [-0.4, -0.2) is 31.5 Å². The zero-order chi connectivity index (χ0) is 15.2. The second-order valence-electron chi connectivity index (χ2n) is 4.92. The molecule has 0 fully saturated rings. The first-order chi connectivity index (χ1) is 10.1. The minimum absolute atomic E-state index is 0.0991. The molecule has 114 valence electrons. The molecule has 0 saturated carbocycles. The lowest BCUT2D eigenvalue weighted by Gasteiger charge is -2.15.